The molecule has 148 valence electrons. The predicted octanol–water partition coefficient (Wildman–Crippen LogP) is 4.66. The number of anilines is 2. The lowest BCUT2D eigenvalue weighted by Gasteiger charge is -2.19. The maximum absolute atomic E-state index is 11.8. The monoisotopic (exact) mass is 396 g/mol. The predicted molar refractivity (Wildman–Crippen MR) is 116 cm³/mol. The second kappa shape index (κ2) is 8.89. The Balaban J connectivity index is 1.87. The molecular weight excluding hydrogens is 368 g/mol. The Hall–Kier alpha value is -2.85. The molecule has 0 unspecified atom stereocenters. The molecular formula is C21H28N4O2Si. The lowest BCUT2D eigenvalue weighted by molar-refractivity contribution is 0.0636. The van der Waals surface area contributed by atoms with Gasteiger partial charge in [-0.1, -0.05) is 37.7 Å². The van der Waals surface area contributed by atoms with Gasteiger partial charge in [-0.05, 0) is 38.5 Å². The third-order valence-electron chi connectivity index (χ3n) is 3.29. The molecule has 1 aromatic heterocycles. The van der Waals surface area contributed by atoms with Crippen molar-refractivity contribution in [1.29, 1.82) is 0 Å². The van der Waals surface area contributed by atoms with Crippen LogP contribution in [0, 0.1) is 11.5 Å². The summed E-state index contributed by atoms with van der Waals surface area (Å²) in [7, 11) is -1.42. The highest BCUT2D eigenvalue weighted by atomic mass is 28.3. The van der Waals surface area contributed by atoms with Gasteiger partial charge in [-0.2, -0.15) is 0 Å². The number of nitrogens with zero attached hydrogens (tertiary/aromatic N) is 2. The second-order valence-corrected chi connectivity index (χ2v) is 13.2. The Morgan fingerprint density at radius 3 is 2.32 bits per heavy atom. The quantitative estimate of drug-likeness (QED) is 0.580. The van der Waals surface area contributed by atoms with Gasteiger partial charge >= 0.3 is 6.09 Å². The number of rotatable bonds is 4. The Morgan fingerprint density at radius 1 is 1.11 bits per heavy atom. The normalized spacial score (nSPS) is 11.2. The molecule has 0 radical (unpaired) electrons. The van der Waals surface area contributed by atoms with Crippen molar-refractivity contribution < 1.29 is 9.53 Å². The van der Waals surface area contributed by atoms with E-state index in [4.69, 9.17) is 4.74 Å². The summed E-state index contributed by atoms with van der Waals surface area (Å²) in [5, 5.41) is 5.94. The van der Waals surface area contributed by atoms with Crippen LogP contribution in [0.15, 0.2) is 36.7 Å². The summed E-state index contributed by atoms with van der Waals surface area (Å²) in [5.41, 5.74) is 5.17. The van der Waals surface area contributed by atoms with Crippen molar-refractivity contribution in [2.75, 3.05) is 10.6 Å². The van der Waals surface area contributed by atoms with Crippen LogP contribution in [0.5, 0.6) is 0 Å². The van der Waals surface area contributed by atoms with Gasteiger partial charge in [0.2, 0.25) is 0 Å². The third kappa shape index (κ3) is 8.23. The van der Waals surface area contributed by atoms with Crippen molar-refractivity contribution in [3.8, 4) is 11.5 Å². The molecule has 0 aliphatic heterocycles. The van der Waals surface area contributed by atoms with Gasteiger partial charge in [-0.15, -0.1) is 5.54 Å². The van der Waals surface area contributed by atoms with Gasteiger partial charge in [-0.3, -0.25) is 5.32 Å². The highest BCUT2D eigenvalue weighted by Gasteiger charge is 2.16. The largest absolute Gasteiger partial charge is 0.444 e. The van der Waals surface area contributed by atoms with Crippen LogP contribution in [0.3, 0.4) is 0 Å². The molecule has 2 rings (SSSR count). The number of hydrogen-bond acceptors (Lipinski definition) is 5. The second-order valence-electron chi connectivity index (χ2n) is 8.46. The molecule has 1 heterocycles. The fourth-order valence-corrected chi connectivity index (χ4v) is 2.56. The molecule has 2 aromatic rings. The SMILES string of the molecule is CC(C)(C)OC(=O)Nc1ccc(CNc2cnc(C#C[Si](C)(C)C)cn2)cc1. The van der Waals surface area contributed by atoms with Crippen molar-refractivity contribution in [3.05, 3.63) is 47.9 Å². The number of ether oxygens (including phenoxy) is 1. The topological polar surface area (TPSA) is 76.1 Å². The average molecular weight is 397 g/mol. The highest BCUT2D eigenvalue weighted by Crippen LogP contribution is 2.14. The van der Waals surface area contributed by atoms with Crippen LogP contribution in [-0.4, -0.2) is 29.7 Å². The summed E-state index contributed by atoms with van der Waals surface area (Å²) in [6.45, 7) is 12.7. The van der Waals surface area contributed by atoms with E-state index in [1.54, 1.807) is 12.4 Å². The Bertz CT molecular complexity index is 855. The van der Waals surface area contributed by atoms with E-state index in [0.717, 1.165) is 5.56 Å². The van der Waals surface area contributed by atoms with Gasteiger partial charge in [0.25, 0.3) is 0 Å². The van der Waals surface area contributed by atoms with Crippen LogP contribution in [0.1, 0.15) is 32.0 Å². The van der Waals surface area contributed by atoms with Crippen LogP contribution in [-0.2, 0) is 11.3 Å². The molecule has 0 spiro atoms. The van der Waals surface area contributed by atoms with E-state index in [2.05, 4.69) is 51.7 Å². The minimum absolute atomic E-state index is 0.467. The fourth-order valence-electron chi connectivity index (χ4n) is 2.06. The van der Waals surface area contributed by atoms with Crippen LogP contribution in [0.25, 0.3) is 0 Å². The molecule has 2 N–H and O–H groups in total. The molecule has 1 aromatic carbocycles. The van der Waals surface area contributed by atoms with Gasteiger partial charge in [0.1, 0.15) is 25.2 Å². The molecule has 28 heavy (non-hydrogen) atoms. The van der Waals surface area contributed by atoms with Crippen molar-refractivity contribution in [2.45, 2.75) is 52.6 Å². The van der Waals surface area contributed by atoms with Crippen LogP contribution in [0.2, 0.25) is 19.6 Å². The van der Waals surface area contributed by atoms with Gasteiger partial charge in [0, 0.05) is 12.2 Å². The van der Waals surface area contributed by atoms with E-state index in [1.807, 2.05) is 45.0 Å². The molecule has 1 amide bonds. The van der Waals surface area contributed by atoms with Crippen molar-refractivity contribution in [1.82, 2.24) is 9.97 Å². The minimum atomic E-state index is -1.42. The van der Waals surface area contributed by atoms with Crippen LogP contribution < -0.4 is 10.6 Å². The summed E-state index contributed by atoms with van der Waals surface area (Å²) in [4.78, 5) is 20.5. The first kappa shape index (κ1) is 21.4. The van der Waals surface area contributed by atoms with Crippen molar-refractivity contribution >= 4 is 25.7 Å². The summed E-state index contributed by atoms with van der Waals surface area (Å²) >= 11 is 0. The van der Waals surface area contributed by atoms with E-state index >= 15 is 0 Å². The lowest BCUT2D eigenvalue weighted by Crippen LogP contribution is -2.27. The number of carbonyl (C=O) groups is 1. The molecule has 0 aliphatic rings. The first-order valence-electron chi connectivity index (χ1n) is 9.18. The standard InChI is InChI=1S/C21H28N4O2Si/c1-21(2,3)27-20(26)25-17-9-7-16(8-10-17)13-23-19-15-22-18(14-24-19)11-12-28(4,5)6/h7-10,14-15H,13H2,1-6H3,(H,23,24)(H,25,26). The zero-order chi connectivity index (χ0) is 20.8. The maximum Gasteiger partial charge on any atom is 0.412 e. The van der Waals surface area contributed by atoms with E-state index < -0.39 is 19.8 Å². The number of benzene rings is 1. The smallest absolute Gasteiger partial charge is 0.412 e. The maximum atomic E-state index is 11.8. The molecule has 0 fully saturated rings. The van der Waals surface area contributed by atoms with Crippen LogP contribution in [0.4, 0.5) is 16.3 Å². The molecule has 6 nitrogen and oxygen atoms in total. The number of amides is 1. The first-order valence-corrected chi connectivity index (χ1v) is 12.7. The molecule has 0 aliphatic carbocycles. The Morgan fingerprint density at radius 2 is 1.79 bits per heavy atom. The number of carbonyl (C=O) groups excluding carboxylic acids is 1. The van der Waals surface area contributed by atoms with E-state index in [0.29, 0.717) is 23.7 Å². The van der Waals surface area contributed by atoms with Crippen molar-refractivity contribution in [2.24, 2.45) is 0 Å². The summed E-state index contributed by atoms with van der Waals surface area (Å²) < 4.78 is 5.24. The molecule has 0 atom stereocenters. The van der Waals surface area contributed by atoms with E-state index in [-0.39, 0.29) is 0 Å². The summed E-state index contributed by atoms with van der Waals surface area (Å²) in [6, 6.07) is 7.53. The summed E-state index contributed by atoms with van der Waals surface area (Å²) in [6.07, 6.45) is 2.90. The zero-order valence-electron chi connectivity index (χ0n) is 17.4. The zero-order valence-corrected chi connectivity index (χ0v) is 18.4. The molecule has 0 bridgehead atoms. The van der Waals surface area contributed by atoms with Gasteiger partial charge < -0.3 is 10.1 Å². The summed E-state index contributed by atoms with van der Waals surface area (Å²) in [5.74, 6) is 3.78. The van der Waals surface area contributed by atoms with Gasteiger partial charge in [0.15, 0.2) is 0 Å². The van der Waals surface area contributed by atoms with Crippen molar-refractivity contribution in [3.63, 3.8) is 0 Å². The number of hydrogen-bond donors (Lipinski definition) is 2. The first-order chi connectivity index (χ1) is 13.0. The fraction of sp³-hybridized carbons (Fsp3) is 0.381. The molecule has 0 saturated carbocycles. The van der Waals surface area contributed by atoms with E-state index in [9.17, 15) is 4.79 Å². The Labute approximate surface area is 168 Å². The minimum Gasteiger partial charge on any atom is -0.444 e. The molecule has 0 saturated heterocycles. The number of nitrogens with one attached hydrogen (secondary N) is 2. The molecule has 7 heteroatoms. The lowest BCUT2D eigenvalue weighted by atomic mass is 10.2. The van der Waals surface area contributed by atoms with Gasteiger partial charge in [-0.25, -0.2) is 14.8 Å². The highest BCUT2D eigenvalue weighted by molar-refractivity contribution is 6.83. The van der Waals surface area contributed by atoms with Crippen LogP contribution >= 0.6 is 0 Å². The third-order valence-corrected chi connectivity index (χ3v) is 4.17. The van der Waals surface area contributed by atoms with E-state index in [1.165, 1.54) is 0 Å². The van der Waals surface area contributed by atoms with Gasteiger partial charge in [0.05, 0.1) is 12.4 Å². The Kier molecular flexibility index (Phi) is 6.81. The number of aromatic nitrogens is 2. The average Bonchev–Trinajstić information content (AvgIpc) is 2.58.